The lowest BCUT2D eigenvalue weighted by atomic mass is 10.00. The van der Waals surface area contributed by atoms with Crippen molar-refractivity contribution in [3.63, 3.8) is 0 Å². The molecule has 2 aromatic rings. The molecule has 3 rings (SSSR count). The molecule has 0 aliphatic carbocycles. The second-order valence-electron chi connectivity index (χ2n) is 6.64. The van der Waals surface area contributed by atoms with Gasteiger partial charge in [-0.3, -0.25) is 4.79 Å². The minimum atomic E-state index is 0.0167. The third kappa shape index (κ3) is 4.15. The Bertz CT molecular complexity index is 783. The van der Waals surface area contributed by atoms with Crippen LogP contribution in [0.1, 0.15) is 41.6 Å². The van der Waals surface area contributed by atoms with Gasteiger partial charge in [0.25, 0.3) is 5.91 Å². The van der Waals surface area contributed by atoms with Gasteiger partial charge in [-0.25, -0.2) is 5.01 Å². The first kappa shape index (κ1) is 17.4. The van der Waals surface area contributed by atoms with Gasteiger partial charge in [0.1, 0.15) is 0 Å². The lowest BCUT2D eigenvalue weighted by molar-refractivity contribution is -0.129. The SMILES string of the molecule is Cc1ccc(C)c(C(C)NCC(=O)N2CCC(c3ccccc3)=N2)c1. The zero-order valence-corrected chi connectivity index (χ0v) is 15.1. The minimum absolute atomic E-state index is 0.0167. The number of hydrogen-bond acceptors (Lipinski definition) is 3. The molecular formula is C21H25N3O. The summed E-state index contributed by atoms with van der Waals surface area (Å²) in [5.74, 6) is 0.0167. The van der Waals surface area contributed by atoms with Crippen LogP contribution >= 0.6 is 0 Å². The first-order chi connectivity index (χ1) is 12.0. The Morgan fingerprint density at radius 2 is 1.96 bits per heavy atom. The van der Waals surface area contributed by atoms with E-state index in [9.17, 15) is 4.79 Å². The summed E-state index contributed by atoms with van der Waals surface area (Å²) in [6, 6.07) is 16.6. The highest BCUT2D eigenvalue weighted by atomic mass is 16.2. The van der Waals surface area contributed by atoms with Crippen LogP contribution in [-0.2, 0) is 4.79 Å². The van der Waals surface area contributed by atoms with Crippen LogP contribution in [0.15, 0.2) is 53.6 Å². The van der Waals surface area contributed by atoms with E-state index in [-0.39, 0.29) is 11.9 Å². The number of nitrogens with one attached hydrogen (secondary N) is 1. The second-order valence-corrected chi connectivity index (χ2v) is 6.64. The fourth-order valence-corrected chi connectivity index (χ4v) is 3.14. The van der Waals surface area contributed by atoms with Crippen molar-refractivity contribution in [1.82, 2.24) is 10.3 Å². The van der Waals surface area contributed by atoms with E-state index in [4.69, 9.17) is 0 Å². The van der Waals surface area contributed by atoms with E-state index in [0.29, 0.717) is 13.1 Å². The Labute approximate surface area is 149 Å². The van der Waals surface area contributed by atoms with Gasteiger partial charge in [-0.15, -0.1) is 0 Å². The van der Waals surface area contributed by atoms with Crippen molar-refractivity contribution in [3.05, 3.63) is 70.8 Å². The minimum Gasteiger partial charge on any atom is -0.302 e. The molecule has 25 heavy (non-hydrogen) atoms. The highest BCUT2D eigenvalue weighted by molar-refractivity contribution is 6.02. The zero-order chi connectivity index (χ0) is 17.8. The highest BCUT2D eigenvalue weighted by Gasteiger charge is 2.21. The van der Waals surface area contributed by atoms with Crippen LogP contribution in [0.4, 0.5) is 0 Å². The summed E-state index contributed by atoms with van der Waals surface area (Å²) in [4.78, 5) is 12.5. The number of amides is 1. The van der Waals surface area contributed by atoms with Gasteiger partial charge >= 0.3 is 0 Å². The smallest absolute Gasteiger partial charge is 0.256 e. The summed E-state index contributed by atoms with van der Waals surface area (Å²) >= 11 is 0. The molecule has 0 saturated carbocycles. The summed E-state index contributed by atoms with van der Waals surface area (Å²) in [5, 5.41) is 9.43. The molecular weight excluding hydrogens is 310 g/mol. The summed E-state index contributed by atoms with van der Waals surface area (Å²) in [5.41, 5.74) is 5.79. The molecule has 1 heterocycles. The molecule has 1 aliphatic rings. The van der Waals surface area contributed by atoms with Crippen molar-refractivity contribution in [2.75, 3.05) is 13.1 Å². The van der Waals surface area contributed by atoms with E-state index in [1.807, 2.05) is 30.3 Å². The quantitative estimate of drug-likeness (QED) is 0.907. The van der Waals surface area contributed by atoms with Crippen molar-refractivity contribution >= 4 is 11.6 Å². The van der Waals surface area contributed by atoms with E-state index >= 15 is 0 Å². The Hall–Kier alpha value is -2.46. The largest absolute Gasteiger partial charge is 0.302 e. The van der Waals surface area contributed by atoms with Crippen molar-refractivity contribution in [2.45, 2.75) is 33.2 Å². The highest BCUT2D eigenvalue weighted by Crippen LogP contribution is 2.19. The molecule has 1 atom stereocenters. The molecule has 0 saturated heterocycles. The Morgan fingerprint density at radius 1 is 1.20 bits per heavy atom. The van der Waals surface area contributed by atoms with Gasteiger partial charge in [-0.2, -0.15) is 5.10 Å². The molecule has 2 aromatic carbocycles. The first-order valence-corrected chi connectivity index (χ1v) is 8.78. The molecule has 1 unspecified atom stereocenters. The normalized spacial score (nSPS) is 15.2. The van der Waals surface area contributed by atoms with Gasteiger partial charge in [0.15, 0.2) is 0 Å². The van der Waals surface area contributed by atoms with Crippen LogP contribution in [0, 0.1) is 13.8 Å². The third-order valence-electron chi connectivity index (χ3n) is 4.66. The van der Waals surface area contributed by atoms with Crippen LogP contribution in [0.5, 0.6) is 0 Å². The predicted octanol–water partition coefficient (Wildman–Crippen LogP) is 3.59. The van der Waals surface area contributed by atoms with Gasteiger partial charge in [-0.1, -0.05) is 54.1 Å². The molecule has 0 fully saturated rings. The fourth-order valence-electron chi connectivity index (χ4n) is 3.14. The van der Waals surface area contributed by atoms with Gasteiger partial charge in [0.05, 0.1) is 18.8 Å². The molecule has 4 heteroatoms. The maximum absolute atomic E-state index is 12.5. The predicted molar refractivity (Wildman–Crippen MR) is 102 cm³/mol. The molecule has 4 nitrogen and oxygen atoms in total. The van der Waals surface area contributed by atoms with Gasteiger partial charge in [0, 0.05) is 12.5 Å². The van der Waals surface area contributed by atoms with Crippen LogP contribution in [0.3, 0.4) is 0 Å². The topological polar surface area (TPSA) is 44.7 Å². The molecule has 0 spiro atoms. The summed E-state index contributed by atoms with van der Waals surface area (Å²) in [7, 11) is 0. The van der Waals surface area contributed by atoms with Crippen molar-refractivity contribution in [1.29, 1.82) is 0 Å². The number of carbonyl (C=O) groups is 1. The van der Waals surface area contributed by atoms with Gasteiger partial charge in [0.2, 0.25) is 0 Å². The average molecular weight is 335 g/mol. The Morgan fingerprint density at radius 3 is 2.72 bits per heavy atom. The number of hydrazone groups is 1. The van der Waals surface area contributed by atoms with E-state index in [2.05, 4.69) is 49.4 Å². The molecule has 1 aliphatic heterocycles. The van der Waals surface area contributed by atoms with Crippen molar-refractivity contribution in [3.8, 4) is 0 Å². The molecule has 0 bridgehead atoms. The summed E-state index contributed by atoms with van der Waals surface area (Å²) in [6.45, 7) is 7.23. The maximum atomic E-state index is 12.5. The van der Waals surface area contributed by atoms with E-state index in [1.165, 1.54) is 16.7 Å². The van der Waals surface area contributed by atoms with Crippen LogP contribution in [0.2, 0.25) is 0 Å². The maximum Gasteiger partial charge on any atom is 0.256 e. The molecule has 1 amide bonds. The monoisotopic (exact) mass is 335 g/mol. The summed E-state index contributed by atoms with van der Waals surface area (Å²) in [6.07, 6.45) is 0.808. The number of nitrogens with zero attached hydrogens (tertiary/aromatic N) is 2. The fraction of sp³-hybridized carbons (Fsp3) is 0.333. The van der Waals surface area contributed by atoms with Gasteiger partial charge in [-0.05, 0) is 37.5 Å². The zero-order valence-electron chi connectivity index (χ0n) is 15.1. The number of hydrogen-bond donors (Lipinski definition) is 1. The Kier molecular flexibility index (Phi) is 5.29. The summed E-state index contributed by atoms with van der Waals surface area (Å²) < 4.78 is 0. The molecule has 0 radical (unpaired) electrons. The van der Waals surface area contributed by atoms with Crippen molar-refractivity contribution in [2.24, 2.45) is 5.10 Å². The number of benzene rings is 2. The van der Waals surface area contributed by atoms with E-state index in [1.54, 1.807) is 5.01 Å². The Balaban J connectivity index is 1.60. The lowest BCUT2D eigenvalue weighted by Gasteiger charge is -2.18. The van der Waals surface area contributed by atoms with Crippen molar-refractivity contribution < 1.29 is 4.79 Å². The van der Waals surface area contributed by atoms with Gasteiger partial charge < -0.3 is 5.32 Å². The average Bonchev–Trinajstić information content (AvgIpc) is 3.12. The number of rotatable bonds is 5. The standard InChI is InChI=1S/C21H25N3O/c1-15-9-10-16(2)19(13-15)17(3)22-14-21(25)24-12-11-20(23-24)18-7-5-4-6-8-18/h4-10,13,17,22H,11-12,14H2,1-3H3. The van der Waals surface area contributed by atoms with E-state index in [0.717, 1.165) is 17.7 Å². The first-order valence-electron chi connectivity index (χ1n) is 8.78. The number of carbonyl (C=O) groups excluding carboxylic acids is 1. The second kappa shape index (κ2) is 7.62. The van der Waals surface area contributed by atoms with E-state index < -0.39 is 0 Å². The van der Waals surface area contributed by atoms with Crippen LogP contribution in [-0.4, -0.2) is 29.7 Å². The van der Waals surface area contributed by atoms with Crippen LogP contribution in [0.25, 0.3) is 0 Å². The number of aryl methyl sites for hydroxylation is 2. The molecule has 130 valence electrons. The third-order valence-corrected chi connectivity index (χ3v) is 4.66. The molecule has 0 aromatic heterocycles. The molecule has 1 N–H and O–H groups in total. The lowest BCUT2D eigenvalue weighted by Crippen LogP contribution is -2.35. The van der Waals surface area contributed by atoms with Crippen LogP contribution < -0.4 is 5.32 Å².